The fourth-order valence-electron chi connectivity index (χ4n) is 1.32. The molecule has 1 aromatic carbocycles. The number of halogens is 1. The molecular weight excluding hydrogens is 207 g/mol. The summed E-state index contributed by atoms with van der Waals surface area (Å²) in [6.45, 7) is 0. The maximum Gasteiger partial charge on any atom is 0.153 e. The van der Waals surface area contributed by atoms with Crippen LogP contribution in [-0.4, -0.2) is 11.3 Å². The number of carbonyl (C=O) groups is 1. The minimum absolute atomic E-state index is 0.339. The van der Waals surface area contributed by atoms with Gasteiger partial charge < -0.3 is 5.32 Å². The highest BCUT2D eigenvalue weighted by molar-refractivity contribution is 5.83. The first-order chi connectivity index (χ1) is 7.79. The molecule has 2 rings (SSSR count). The summed E-state index contributed by atoms with van der Waals surface area (Å²) in [6.07, 6.45) is 2.27. The molecule has 0 radical (unpaired) electrons. The fraction of sp³-hybridized carbons (Fsp3) is 0. The van der Waals surface area contributed by atoms with Crippen molar-refractivity contribution in [3.63, 3.8) is 0 Å². The van der Waals surface area contributed by atoms with Gasteiger partial charge in [0.25, 0.3) is 0 Å². The molecule has 0 unspecified atom stereocenters. The standard InChI is InChI=1S/C12H9FN2O/c13-10-4-1-5-11(7-10)15-12-9(8-16)3-2-6-14-12/h1-8H,(H,14,15). The Balaban J connectivity index is 2.30. The monoisotopic (exact) mass is 216 g/mol. The summed E-state index contributed by atoms with van der Waals surface area (Å²) in [6, 6.07) is 9.28. The third-order valence-electron chi connectivity index (χ3n) is 2.05. The van der Waals surface area contributed by atoms with E-state index in [1.807, 2.05) is 0 Å². The molecule has 0 bridgehead atoms. The van der Waals surface area contributed by atoms with Crippen molar-refractivity contribution in [1.29, 1.82) is 0 Å². The maximum atomic E-state index is 12.9. The van der Waals surface area contributed by atoms with Crippen molar-refractivity contribution in [3.8, 4) is 0 Å². The molecule has 1 heterocycles. The van der Waals surface area contributed by atoms with Crippen LogP contribution in [0.1, 0.15) is 10.4 Å². The Bertz CT molecular complexity index is 514. The molecule has 3 nitrogen and oxygen atoms in total. The van der Waals surface area contributed by atoms with Crippen molar-refractivity contribution < 1.29 is 9.18 Å². The van der Waals surface area contributed by atoms with Gasteiger partial charge in [0, 0.05) is 11.9 Å². The normalized spacial score (nSPS) is 9.81. The van der Waals surface area contributed by atoms with Gasteiger partial charge in [0.05, 0.1) is 5.56 Å². The van der Waals surface area contributed by atoms with E-state index >= 15 is 0 Å². The molecule has 0 spiro atoms. The first kappa shape index (κ1) is 10.3. The Morgan fingerprint density at radius 3 is 2.88 bits per heavy atom. The molecule has 0 saturated heterocycles. The van der Waals surface area contributed by atoms with Crippen LogP contribution in [0.5, 0.6) is 0 Å². The molecule has 0 aliphatic carbocycles. The lowest BCUT2D eigenvalue weighted by atomic mass is 10.2. The smallest absolute Gasteiger partial charge is 0.153 e. The zero-order valence-electron chi connectivity index (χ0n) is 8.35. The van der Waals surface area contributed by atoms with Crippen LogP contribution < -0.4 is 5.32 Å². The molecule has 0 atom stereocenters. The van der Waals surface area contributed by atoms with Crippen LogP contribution in [0.15, 0.2) is 42.6 Å². The highest BCUT2D eigenvalue weighted by Crippen LogP contribution is 2.17. The van der Waals surface area contributed by atoms with Crippen molar-refractivity contribution in [2.75, 3.05) is 5.32 Å². The second kappa shape index (κ2) is 4.53. The Hall–Kier alpha value is -2.23. The molecule has 0 saturated carbocycles. The van der Waals surface area contributed by atoms with Gasteiger partial charge in [0.15, 0.2) is 6.29 Å². The van der Waals surface area contributed by atoms with Gasteiger partial charge in [-0.1, -0.05) is 6.07 Å². The van der Waals surface area contributed by atoms with Crippen LogP contribution in [0.2, 0.25) is 0 Å². The average molecular weight is 216 g/mol. The molecule has 1 aromatic heterocycles. The van der Waals surface area contributed by atoms with E-state index in [1.54, 1.807) is 30.5 Å². The van der Waals surface area contributed by atoms with Crippen LogP contribution in [0, 0.1) is 5.82 Å². The Morgan fingerprint density at radius 1 is 1.25 bits per heavy atom. The third-order valence-corrected chi connectivity index (χ3v) is 2.05. The fourth-order valence-corrected chi connectivity index (χ4v) is 1.32. The Kier molecular flexibility index (Phi) is 2.91. The van der Waals surface area contributed by atoms with Gasteiger partial charge in [0.2, 0.25) is 0 Å². The SMILES string of the molecule is O=Cc1cccnc1Nc1cccc(F)c1. The number of pyridine rings is 1. The van der Waals surface area contributed by atoms with E-state index < -0.39 is 0 Å². The summed E-state index contributed by atoms with van der Waals surface area (Å²) in [4.78, 5) is 14.7. The van der Waals surface area contributed by atoms with Gasteiger partial charge in [-0.25, -0.2) is 9.37 Å². The van der Waals surface area contributed by atoms with Gasteiger partial charge in [0.1, 0.15) is 11.6 Å². The highest BCUT2D eigenvalue weighted by Gasteiger charge is 2.02. The van der Waals surface area contributed by atoms with Gasteiger partial charge in [-0.2, -0.15) is 0 Å². The van der Waals surface area contributed by atoms with E-state index in [1.165, 1.54) is 12.1 Å². The van der Waals surface area contributed by atoms with Gasteiger partial charge >= 0.3 is 0 Å². The molecule has 0 fully saturated rings. The lowest BCUT2D eigenvalue weighted by Gasteiger charge is -2.06. The lowest BCUT2D eigenvalue weighted by Crippen LogP contribution is -1.97. The summed E-state index contributed by atoms with van der Waals surface area (Å²) < 4.78 is 12.9. The van der Waals surface area contributed by atoms with Crippen LogP contribution in [0.4, 0.5) is 15.9 Å². The quantitative estimate of drug-likeness (QED) is 0.802. The van der Waals surface area contributed by atoms with E-state index in [4.69, 9.17) is 0 Å². The average Bonchev–Trinajstić information content (AvgIpc) is 2.30. The topological polar surface area (TPSA) is 42.0 Å². The van der Waals surface area contributed by atoms with Crippen LogP contribution in [0.25, 0.3) is 0 Å². The molecular formula is C12H9FN2O. The second-order valence-corrected chi connectivity index (χ2v) is 3.19. The van der Waals surface area contributed by atoms with Crippen LogP contribution in [0.3, 0.4) is 0 Å². The number of nitrogens with one attached hydrogen (secondary N) is 1. The number of benzene rings is 1. The zero-order valence-corrected chi connectivity index (χ0v) is 8.35. The molecule has 0 aliphatic heterocycles. The molecule has 0 amide bonds. The van der Waals surface area contributed by atoms with Crippen molar-refractivity contribution >= 4 is 17.8 Å². The molecule has 0 aliphatic rings. The second-order valence-electron chi connectivity index (χ2n) is 3.19. The predicted molar refractivity (Wildman–Crippen MR) is 59.3 cm³/mol. The number of carbonyl (C=O) groups excluding carboxylic acids is 1. The Morgan fingerprint density at radius 2 is 2.12 bits per heavy atom. The van der Waals surface area contributed by atoms with E-state index in [9.17, 15) is 9.18 Å². The van der Waals surface area contributed by atoms with Crippen LogP contribution >= 0.6 is 0 Å². The van der Waals surface area contributed by atoms with E-state index in [2.05, 4.69) is 10.3 Å². The number of nitrogens with zero attached hydrogens (tertiary/aromatic N) is 1. The van der Waals surface area contributed by atoms with E-state index in [-0.39, 0.29) is 5.82 Å². The molecule has 1 N–H and O–H groups in total. The number of aromatic nitrogens is 1. The molecule has 4 heteroatoms. The summed E-state index contributed by atoms with van der Waals surface area (Å²) in [5.74, 6) is 0.0803. The summed E-state index contributed by atoms with van der Waals surface area (Å²) in [5.41, 5.74) is 0.994. The van der Waals surface area contributed by atoms with Crippen LogP contribution in [-0.2, 0) is 0 Å². The number of hydrogen-bond donors (Lipinski definition) is 1. The first-order valence-corrected chi connectivity index (χ1v) is 4.72. The summed E-state index contributed by atoms with van der Waals surface area (Å²) in [7, 11) is 0. The first-order valence-electron chi connectivity index (χ1n) is 4.72. The van der Waals surface area contributed by atoms with E-state index in [0.717, 1.165) is 0 Å². The third kappa shape index (κ3) is 2.23. The largest absolute Gasteiger partial charge is 0.340 e. The lowest BCUT2D eigenvalue weighted by molar-refractivity contribution is 0.112. The van der Waals surface area contributed by atoms with Gasteiger partial charge in [-0.05, 0) is 30.3 Å². The maximum absolute atomic E-state index is 12.9. The number of aldehydes is 1. The van der Waals surface area contributed by atoms with Gasteiger partial charge in [-0.15, -0.1) is 0 Å². The van der Waals surface area contributed by atoms with Crippen molar-refractivity contribution in [1.82, 2.24) is 4.98 Å². The van der Waals surface area contributed by atoms with Crippen molar-refractivity contribution in [2.24, 2.45) is 0 Å². The van der Waals surface area contributed by atoms with E-state index in [0.29, 0.717) is 23.4 Å². The molecule has 16 heavy (non-hydrogen) atoms. The minimum Gasteiger partial charge on any atom is -0.340 e. The molecule has 80 valence electrons. The highest BCUT2D eigenvalue weighted by atomic mass is 19.1. The van der Waals surface area contributed by atoms with Crippen molar-refractivity contribution in [3.05, 3.63) is 54.0 Å². The number of hydrogen-bond acceptors (Lipinski definition) is 3. The van der Waals surface area contributed by atoms with Gasteiger partial charge in [-0.3, -0.25) is 4.79 Å². The number of anilines is 2. The Labute approximate surface area is 92.0 Å². The summed E-state index contributed by atoms with van der Waals surface area (Å²) >= 11 is 0. The van der Waals surface area contributed by atoms with Crippen molar-refractivity contribution in [2.45, 2.75) is 0 Å². The summed E-state index contributed by atoms with van der Waals surface area (Å²) in [5, 5.41) is 2.88. The zero-order chi connectivity index (χ0) is 11.4. The molecule has 2 aromatic rings. The number of rotatable bonds is 3. The minimum atomic E-state index is -0.339. The predicted octanol–water partition coefficient (Wildman–Crippen LogP) is 2.78.